The number of hydrogen-bond donors (Lipinski definition) is 0. The van der Waals surface area contributed by atoms with Crippen molar-refractivity contribution in [2.24, 2.45) is 0 Å². The number of fused-ring (bicyclic) bond motifs is 6. The summed E-state index contributed by atoms with van der Waals surface area (Å²) in [5.41, 5.74) is 33.4. The molecule has 0 spiro atoms. The van der Waals surface area contributed by atoms with Gasteiger partial charge in [-0.3, -0.25) is 0 Å². The lowest BCUT2D eigenvalue weighted by molar-refractivity contribution is 0.668. The van der Waals surface area contributed by atoms with E-state index in [9.17, 15) is 0 Å². The van der Waals surface area contributed by atoms with Crippen molar-refractivity contribution in [2.45, 2.75) is 13.8 Å². The van der Waals surface area contributed by atoms with Gasteiger partial charge in [-0.2, -0.15) is 0 Å². The van der Waals surface area contributed by atoms with E-state index >= 15 is 0 Å². The quantitative estimate of drug-likeness (QED) is 0.102. The van der Waals surface area contributed by atoms with Crippen molar-refractivity contribution >= 4 is 76.9 Å². The summed E-state index contributed by atoms with van der Waals surface area (Å²) < 4.78 is 14.1. The van der Waals surface area contributed by atoms with E-state index in [1.54, 1.807) is 0 Å². The number of halogens is 1. The lowest BCUT2D eigenvalue weighted by atomic mass is 9.92. The molecule has 0 N–H and O–H groups in total. The summed E-state index contributed by atoms with van der Waals surface area (Å²) in [4.78, 5) is 2.33. The zero-order valence-corrected chi connectivity index (χ0v) is 63.7. The Bertz CT molecular complexity index is 6390. The average Bonchev–Trinajstić information content (AvgIpc) is 1.59. The second-order valence-corrected chi connectivity index (χ2v) is 29.1. The lowest BCUT2D eigenvalue weighted by Gasteiger charge is -2.26. The molecule has 4 heteroatoms. The summed E-state index contributed by atoms with van der Waals surface area (Å²) in [5, 5.41) is 4.49. The van der Waals surface area contributed by atoms with Gasteiger partial charge in [-0.1, -0.05) is 420 Å². The normalized spacial score (nSPS) is 11.0. The molecule has 18 aromatic carbocycles. The number of para-hydroxylation sites is 4. The summed E-state index contributed by atoms with van der Waals surface area (Å²) in [7, 11) is 0. The van der Waals surface area contributed by atoms with Gasteiger partial charge in [0.1, 0.15) is 16.7 Å². The van der Waals surface area contributed by atoms with Gasteiger partial charge in [-0.15, -0.1) is 0 Å². The van der Waals surface area contributed by atoms with Crippen LogP contribution in [0.15, 0.2) is 462 Å². The molecule has 0 aliphatic carbocycles. The Hall–Kier alpha value is -14.2. The zero-order valence-electron chi connectivity index (χ0n) is 62.1. The molecule has 0 unspecified atom stereocenters. The molecule has 0 fully saturated rings. The van der Waals surface area contributed by atoms with E-state index in [2.05, 4.69) is 439 Å². The molecular weight excluding hydrogens is 1450 g/mol. The molecule has 0 radical (unpaired) electrons. The van der Waals surface area contributed by atoms with Crippen molar-refractivity contribution in [1.29, 1.82) is 0 Å². The minimum absolute atomic E-state index is 0. The van der Waals surface area contributed by atoms with Crippen LogP contribution in [0.25, 0.3) is 155 Å². The van der Waals surface area contributed by atoms with Crippen LogP contribution in [0.2, 0.25) is 0 Å². The van der Waals surface area contributed by atoms with Gasteiger partial charge in [-0.25, -0.2) is 0 Å². The molecule has 0 atom stereocenters. The van der Waals surface area contributed by atoms with E-state index in [-0.39, 0.29) is 7.43 Å². The number of nitrogens with zero attached hydrogens (tertiary/aromatic N) is 1. The number of furan rings is 2. The van der Waals surface area contributed by atoms with Crippen molar-refractivity contribution in [3.05, 3.63) is 465 Å². The molecule has 0 saturated heterocycles. The summed E-state index contributed by atoms with van der Waals surface area (Å²) in [5.74, 6) is 0. The minimum atomic E-state index is 0. The maximum atomic E-state index is 6.97. The maximum absolute atomic E-state index is 6.97. The first-order valence-electron chi connectivity index (χ1n) is 38.4. The van der Waals surface area contributed by atoms with Gasteiger partial charge in [0.15, 0.2) is 5.58 Å². The second-order valence-electron chi connectivity index (χ2n) is 28.2. The van der Waals surface area contributed by atoms with Crippen LogP contribution in [-0.2, 0) is 6.42 Å². The van der Waals surface area contributed by atoms with Crippen molar-refractivity contribution in [1.82, 2.24) is 0 Å². The SMILES string of the molecule is Brc1cccc2c1oc1c(-c3ccccc3)cccc12.C.c1ccc(-c2ccccc2-c2ccc(Cc3ccc(-c4ccccc4-c4ccccc4)cc3)cc2)cc1.c1ccc(-c2ccccc2-c2ccc(N(c3ccc(-c4ccccc4-c4ccccc4)cc3)c3cccc4c3oc3c(-c5ccccc5)cccc34)cc2)cc1. The summed E-state index contributed by atoms with van der Waals surface area (Å²) in [6, 6.07) is 159. The van der Waals surface area contributed by atoms with E-state index < -0.39 is 0 Å². The smallest absolute Gasteiger partial charge is 0.159 e. The van der Waals surface area contributed by atoms with Gasteiger partial charge < -0.3 is 13.7 Å². The predicted octanol–water partition coefficient (Wildman–Crippen LogP) is 32.0. The molecule has 20 rings (SSSR count). The Morgan fingerprint density at radius 3 is 0.711 bits per heavy atom. The Morgan fingerprint density at radius 2 is 0.404 bits per heavy atom. The molecule has 2 aromatic heterocycles. The molecule has 3 nitrogen and oxygen atoms in total. The van der Waals surface area contributed by atoms with Gasteiger partial charge in [-0.05, 0) is 170 Å². The molecule has 0 amide bonds. The van der Waals surface area contributed by atoms with Crippen LogP contribution >= 0.6 is 15.9 Å². The van der Waals surface area contributed by atoms with Gasteiger partial charge in [0.2, 0.25) is 0 Å². The van der Waals surface area contributed by atoms with Gasteiger partial charge >= 0.3 is 0 Å². The van der Waals surface area contributed by atoms with Crippen LogP contribution in [-0.4, -0.2) is 0 Å². The van der Waals surface area contributed by atoms with E-state index in [1.165, 1.54) is 94.6 Å². The molecule has 0 aliphatic heterocycles. The highest BCUT2D eigenvalue weighted by Gasteiger charge is 2.23. The predicted molar refractivity (Wildman–Crippen MR) is 487 cm³/mol. The van der Waals surface area contributed by atoms with Crippen molar-refractivity contribution in [3.63, 3.8) is 0 Å². The standard InChI is InChI=1S/C54H37NO.C37H28.C18H11BrO.CH4/c1-4-16-38(17-5-1)45-22-10-12-24-47(45)41-30-34-43(35-31-41)55(44-36-32-42(33-37-44)48-25-13-11-23-46(48)39-18-6-2-7-19-39)52-29-15-28-51-50-27-14-26-49(53(50)56-54(51)52)40-20-8-3-9-21-40;1-3-11-30(12-4-1)34-15-7-9-17-36(34)32-23-19-28(20-24-32)27-29-21-25-33(26-22-29)37-18-10-8-16-35(37)31-13-5-2-6-14-31;19-16-11-5-10-15-14-9-4-8-13(17(14)20-18(15)16)12-6-2-1-3-7-12;/h1-37H;1-26H,27H2;1-11H;1H4. The fourth-order valence-corrected chi connectivity index (χ4v) is 16.2. The fraction of sp³-hybridized carbons (Fsp3) is 0.0182. The topological polar surface area (TPSA) is 29.5 Å². The van der Waals surface area contributed by atoms with Crippen molar-refractivity contribution in [2.75, 3.05) is 4.90 Å². The first-order valence-corrected chi connectivity index (χ1v) is 39.2. The zero-order chi connectivity index (χ0) is 75.7. The highest BCUT2D eigenvalue weighted by atomic mass is 79.9. The second kappa shape index (κ2) is 33.6. The molecule has 0 saturated carbocycles. The molecular formula is C110H80BrNO2. The highest BCUT2D eigenvalue weighted by molar-refractivity contribution is 9.10. The first-order chi connectivity index (χ1) is 56.0. The maximum Gasteiger partial charge on any atom is 0.159 e. The largest absolute Gasteiger partial charge is 0.454 e. The van der Waals surface area contributed by atoms with Crippen LogP contribution in [0.4, 0.5) is 17.1 Å². The Labute approximate surface area is 675 Å². The number of hydrogen-bond acceptors (Lipinski definition) is 3. The van der Waals surface area contributed by atoms with Crippen LogP contribution in [0.1, 0.15) is 18.6 Å². The summed E-state index contributed by atoms with van der Waals surface area (Å²) >= 11 is 3.56. The van der Waals surface area contributed by atoms with Crippen LogP contribution in [0.5, 0.6) is 0 Å². The first kappa shape index (κ1) is 72.7. The third kappa shape index (κ3) is 15.2. The lowest BCUT2D eigenvalue weighted by Crippen LogP contribution is -2.10. The number of benzene rings is 18. The number of rotatable bonds is 15. The van der Waals surface area contributed by atoms with Gasteiger partial charge in [0.05, 0.1) is 10.2 Å². The van der Waals surface area contributed by atoms with Crippen molar-refractivity contribution < 1.29 is 8.83 Å². The number of anilines is 3. The Balaban J connectivity index is 0.000000138. The average molecular weight is 1530 g/mol. The van der Waals surface area contributed by atoms with E-state index in [1.807, 2.05) is 30.3 Å². The van der Waals surface area contributed by atoms with Gasteiger partial charge in [0.25, 0.3) is 0 Å². The summed E-state index contributed by atoms with van der Waals surface area (Å²) in [6.07, 6.45) is 0.918. The molecule has 0 aliphatic rings. The van der Waals surface area contributed by atoms with Crippen molar-refractivity contribution in [3.8, 4) is 111 Å². The minimum Gasteiger partial charge on any atom is -0.454 e. The Morgan fingerprint density at radius 1 is 0.184 bits per heavy atom. The molecule has 2 heterocycles. The third-order valence-corrected chi connectivity index (χ3v) is 21.9. The van der Waals surface area contributed by atoms with Crippen LogP contribution < -0.4 is 4.90 Å². The Kier molecular flexibility index (Phi) is 21.4. The van der Waals surface area contributed by atoms with E-state index in [0.29, 0.717) is 0 Å². The van der Waals surface area contributed by atoms with Crippen LogP contribution in [0, 0.1) is 0 Å². The summed E-state index contributed by atoms with van der Waals surface area (Å²) in [6.45, 7) is 0. The molecule has 544 valence electrons. The van der Waals surface area contributed by atoms with Gasteiger partial charge in [0, 0.05) is 44.0 Å². The van der Waals surface area contributed by atoms with E-state index in [4.69, 9.17) is 8.83 Å². The third-order valence-electron chi connectivity index (χ3n) is 21.2. The van der Waals surface area contributed by atoms with E-state index in [0.717, 1.165) is 99.6 Å². The van der Waals surface area contributed by atoms with Crippen LogP contribution in [0.3, 0.4) is 0 Å². The monoisotopic (exact) mass is 1530 g/mol. The molecule has 0 bridgehead atoms. The highest BCUT2D eigenvalue weighted by Crippen LogP contribution is 2.47. The fourth-order valence-electron chi connectivity index (χ4n) is 15.7. The molecule has 114 heavy (non-hydrogen) atoms. The molecule has 20 aromatic rings.